The van der Waals surface area contributed by atoms with Crippen LogP contribution in [0.25, 0.3) is 10.9 Å². The molecule has 14 heavy (non-hydrogen) atoms. The van der Waals surface area contributed by atoms with E-state index < -0.39 is 0 Å². The monoisotopic (exact) mass is 249 g/mol. The van der Waals surface area contributed by atoms with Gasteiger partial charge in [0.05, 0.1) is 5.52 Å². The second-order valence-corrected chi connectivity index (χ2v) is 4.27. The molecule has 72 valence electrons. The molecule has 0 aliphatic carbocycles. The van der Waals surface area contributed by atoms with E-state index in [1.165, 1.54) is 16.6 Å². The molecule has 0 aliphatic heterocycles. The summed E-state index contributed by atoms with van der Waals surface area (Å²) in [7, 11) is 0. The molecule has 2 rings (SSSR count). The fourth-order valence-electron chi connectivity index (χ4n) is 1.66. The summed E-state index contributed by atoms with van der Waals surface area (Å²) in [5.41, 5.74) is 3.53. The number of para-hydroxylation sites is 1. The highest BCUT2D eigenvalue weighted by molar-refractivity contribution is 9.10. The van der Waals surface area contributed by atoms with Crippen LogP contribution in [0.4, 0.5) is 0 Å². The Labute approximate surface area is 92.3 Å². The Morgan fingerprint density at radius 2 is 2.14 bits per heavy atom. The van der Waals surface area contributed by atoms with Crippen molar-refractivity contribution >= 4 is 26.8 Å². The van der Waals surface area contributed by atoms with E-state index in [0.717, 1.165) is 16.4 Å². The second-order valence-electron chi connectivity index (χ2n) is 3.42. The van der Waals surface area contributed by atoms with Crippen LogP contribution in [-0.2, 0) is 6.42 Å². The molecule has 0 amide bonds. The van der Waals surface area contributed by atoms with Gasteiger partial charge in [-0.2, -0.15) is 0 Å². The summed E-state index contributed by atoms with van der Waals surface area (Å²) < 4.78 is 1.07. The van der Waals surface area contributed by atoms with Crippen molar-refractivity contribution in [2.24, 2.45) is 0 Å². The van der Waals surface area contributed by atoms with Crippen LogP contribution in [0.2, 0.25) is 0 Å². The van der Waals surface area contributed by atoms with Crippen LogP contribution in [-0.4, -0.2) is 4.98 Å². The third-order valence-corrected chi connectivity index (χ3v) is 3.07. The van der Waals surface area contributed by atoms with Gasteiger partial charge in [-0.15, -0.1) is 0 Å². The van der Waals surface area contributed by atoms with Crippen LogP contribution in [0.1, 0.15) is 18.2 Å². The van der Waals surface area contributed by atoms with Gasteiger partial charge in [0.15, 0.2) is 0 Å². The first kappa shape index (κ1) is 9.66. The first-order valence-electron chi connectivity index (χ1n) is 4.77. The van der Waals surface area contributed by atoms with Crippen LogP contribution in [0, 0.1) is 6.92 Å². The third kappa shape index (κ3) is 1.55. The van der Waals surface area contributed by atoms with Gasteiger partial charge >= 0.3 is 0 Å². The van der Waals surface area contributed by atoms with E-state index in [0.29, 0.717) is 0 Å². The molecule has 0 saturated carbocycles. The van der Waals surface area contributed by atoms with Crippen molar-refractivity contribution in [1.82, 2.24) is 4.98 Å². The van der Waals surface area contributed by atoms with Crippen molar-refractivity contribution in [3.05, 3.63) is 40.0 Å². The highest BCUT2D eigenvalue weighted by Crippen LogP contribution is 2.23. The van der Waals surface area contributed by atoms with Gasteiger partial charge in [-0.25, -0.2) is 0 Å². The zero-order valence-electron chi connectivity index (χ0n) is 8.34. The smallest absolute Gasteiger partial charge is 0.0847 e. The lowest BCUT2D eigenvalue weighted by atomic mass is 10.1. The van der Waals surface area contributed by atoms with Gasteiger partial charge < -0.3 is 0 Å². The number of benzene rings is 1. The van der Waals surface area contributed by atoms with Crippen molar-refractivity contribution in [2.45, 2.75) is 20.3 Å². The molecule has 1 aromatic heterocycles. The normalized spacial score (nSPS) is 10.8. The Morgan fingerprint density at radius 3 is 2.86 bits per heavy atom. The van der Waals surface area contributed by atoms with E-state index in [4.69, 9.17) is 0 Å². The number of aryl methyl sites for hydroxylation is 2. The Balaban J connectivity index is 2.80. The zero-order valence-corrected chi connectivity index (χ0v) is 9.93. The summed E-state index contributed by atoms with van der Waals surface area (Å²) >= 11 is 3.52. The molecule has 1 aromatic carbocycles. The largest absolute Gasteiger partial charge is 0.251 e. The minimum atomic E-state index is 0.989. The van der Waals surface area contributed by atoms with Gasteiger partial charge in [0, 0.05) is 15.6 Å². The van der Waals surface area contributed by atoms with E-state index in [-0.39, 0.29) is 0 Å². The molecule has 0 radical (unpaired) electrons. The first-order chi connectivity index (χ1) is 6.72. The summed E-state index contributed by atoms with van der Waals surface area (Å²) in [6.45, 7) is 4.25. The average molecular weight is 250 g/mol. The number of halogens is 1. The molecular formula is C12H12BrN. The second kappa shape index (κ2) is 3.70. The molecule has 0 N–H and O–H groups in total. The number of fused-ring (bicyclic) bond motifs is 1. The topological polar surface area (TPSA) is 12.9 Å². The molecule has 0 fully saturated rings. The molecule has 0 saturated heterocycles. The maximum atomic E-state index is 4.65. The lowest BCUT2D eigenvalue weighted by molar-refractivity contribution is 1.03. The SMILES string of the molecule is CCc1nc2c(Br)cccc2cc1C. The predicted molar refractivity (Wildman–Crippen MR) is 63.6 cm³/mol. The standard InChI is InChI=1S/C12H12BrN/c1-3-11-8(2)7-9-5-4-6-10(13)12(9)14-11/h4-7H,3H2,1-2H3. The molecule has 2 aromatic rings. The minimum absolute atomic E-state index is 0.989. The number of pyridine rings is 1. The van der Waals surface area contributed by atoms with Crippen molar-refractivity contribution < 1.29 is 0 Å². The van der Waals surface area contributed by atoms with Crippen molar-refractivity contribution in [1.29, 1.82) is 0 Å². The average Bonchev–Trinajstić information content (AvgIpc) is 2.17. The summed E-state index contributed by atoms with van der Waals surface area (Å²) in [6.07, 6.45) is 0.989. The maximum absolute atomic E-state index is 4.65. The lowest BCUT2D eigenvalue weighted by Crippen LogP contribution is -1.93. The van der Waals surface area contributed by atoms with Gasteiger partial charge in [-0.05, 0) is 47.0 Å². The fourth-order valence-corrected chi connectivity index (χ4v) is 2.13. The molecule has 0 bridgehead atoms. The quantitative estimate of drug-likeness (QED) is 0.748. The number of rotatable bonds is 1. The van der Waals surface area contributed by atoms with Crippen molar-refractivity contribution in [3.8, 4) is 0 Å². The van der Waals surface area contributed by atoms with Gasteiger partial charge in [-0.3, -0.25) is 4.98 Å². The Kier molecular flexibility index (Phi) is 2.55. The Morgan fingerprint density at radius 1 is 1.36 bits per heavy atom. The predicted octanol–water partition coefficient (Wildman–Crippen LogP) is 3.87. The van der Waals surface area contributed by atoms with E-state index in [2.05, 4.69) is 46.9 Å². The van der Waals surface area contributed by atoms with Crippen molar-refractivity contribution in [3.63, 3.8) is 0 Å². The van der Waals surface area contributed by atoms with Crippen LogP contribution < -0.4 is 0 Å². The molecule has 1 nitrogen and oxygen atoms in total. The molecule has 0 aliphatic rings. The number of aromatic nitrogens is 1. The molecular weight excluding hydrogens is 238 g/mol. The van der Waals surface area contributed by atoms with Gasteiger partial charge in [-0.1, -0.05) is 19.1 Å². The third-order valence-electron chi connectivity index (χ3n) is 2.43. The number of nitrogens with zero attached hydrogens (tertiary/aromatic N) is 1. The number of hydrogen-bond donors (Lipinski definition) is 0. The maximum Gasteiger partial charge on any atom is 0.0847 e. The summed E-state index contributed by atoms with van der Waals surface area (Å²) in [4.78, 5) is 4.65. The molecule has 2 heteroatoms. The lowest BCUT2D eigenvalue weighted by Gasteiger charge is -2.06. The molecule has 0 spiro atoms. The highest BCUT2D eigenvalue weighted by atomic mass is 79.9. The summed E-state index contributed by atoms with van der Waals surface area (Å²) in [5.74, 6) is 0. The van der Waals surface area contributed by atoms with Crippen LogP contribution in [0.5, 0.6) is 0 Å². The fraction of sp³-hybridized carbons (Fsp3) is 0.250. The minimum Gasteiger partial charge on any atom is -0.251 e. The van der Waals surface area contributed by atoms with Crippen LogP contribution >= 0.6 is 15.9 Å². The molecule has 1 heterocycles. The summed E-state index contributed by atoms with van der Waals surface area (Å²) in [5, 5.41) is 1.20. The van der Waals surface area contributed by atoms with Gasteiger partial charge in [0.2, 0.25) is 0 Å². The zero-order chi connectivity index (χ0) is 10.1. The van der Waals surface area contributed by atoms with E-state index >= 15 is 0 Å². The van der Waals surface area contributed by atoms with E-state index in [9.17, 15) is 0 Å². The first-order valence-corrected chi connectivity index (χ1v) is 5.56. The van der Waals surface area contributed by atoms with E-state index in [1.54, 1.807) is 0 Å². The van der Waals surface area contributed by atoms with Gasteiger partial charge in [0.1, 0.15) is 0 Å². The Hall–Kier alpha value is -0.890. The van der Waals surface area contributed by atoms with Crippen molar-refractivity contribution in [2.75, 3.05) is 0 Å². The number of hydrogen-bond acceptors (Lipinski definition) is 1. The van der Waals surface area contributed by atoms with Crippen LogP contribution in [0.3, 0.4) is 0 Å². The molecule has 0 atom stereocenters. The Bertz CT molecular complexity index is 477. The summed E-state index contributed by atoms with van der Waals surface area (Å²) in [6, 6.07) is 8.37. The van der Waals surface area contributed by atoms with Crippen LogP contribution in [0.15, 0.2) is 28.7 Å². The van der Waals surface area contributed by atoms with Gasteiger partial charge in [0.25, 0.3) is 0 Å². The molecule has 0 unspecified atom stereocenters. The highest BCUT2D eigenvalue weighted by Gasteiger charge is 2.03. The van der Waals surface area contributed by atoms with E-state index in [1.807, 2.05) is 12.1 Å².